The lowest BCUT2D eigenvalue weighted by molar-refractivity contribution is -0.117. The van der Waals surface area contributed by atoms with Crippen LogP contribution < -0.4 is 14.9 Å². The average Bonchev–Trinajstić information content (AvgIpc) is 3.18. The molecule has 30 heavy (non-hydrogen) atoms. The van der Waals surface area contributed by atoms with Gasteiger partial charge in [-0.25, -0.2) is 13.1 Å². The summed E-state index contributed by atoms with van der Waals surface area (Å²) in [5.41, 5.74) is 2.54. The summed E-state index contributed by atoms with van der Waals surface area (Å²) in [5, 5.41) is 2.57. The molecule has 2 aromatic rings. The molecule has 2 N–H and O–H groups in total. The highest BCUT2D eigenvalue weighted by molar-refractivity contribution is 7.89. The van der Waals surface area contributed by atoms with Crippen molar-refractivity contribution in [3.8, 4) is 0 Å². The molecule has 0 saturated carbocycles. The van der Waals surface area contributed by atoms with Crippen molar-refractivity contribution in [1.29, 1.82) is 0 Å². The number of rotatable bonds is 9. The molecular weight excluding hydrogens is 402 g/mol. The maximum atomic E-state index is 12.0. The first-order chi connectivity index (χ1) is 14.4. The van der Waals surface area contributed by atoms with Gasteiger partial charge in [0.1, 0.15) is 0 Å². The molecule has 0 bridgehead atoms. The van der Waals surface area contributed by atoms with E-state index in [0.717, 1.165) is 29.8 Å². The zero-order valence-electron chi connectivity index (χ0n) is 16.6. The van der Waals surface area contributed by atoms with Gasteiger partial charge in [-0.05, 0) is 35.8 Å². The molecule has 3 rings (SSSR count). The van der Waals surface area contributed by atoms with Crippen molar-refractivity contribution in [2.24, 2.45) is 0 Å². The molecule has 1 heterocycles. The van der Waals surface area contributed by atoms with Crippen LogP contribution in [0.4, 0.5) is 5.69 Å². The Morgan fingerprint density at radius 2 is 1.80 bits per heavy atom. The summed E-state index contributed by atoms with van der Waals surface area (Å²) in [6, 6.07) is 16.6. The van der Waals surface area contributed by atoms with Crippen molar-refractivity contribution in [2.45, 2.75) is 19.4 Å². The Balaban J connectivity index is 1.41. The van der Waals surface area contributed by atoms with Crippen LogP contribution >= 0.6 is 0 Å². The van der Waals surface area contributed by atoms with E-state index in [1.807, 2.05) is 54.6 Å². The molecule has 1 saturated heterocycles. The molecule has 2 amide bonds. The van der Waals surface area contributed by atoms with Crippen molar-refractivity contribution in [2.75, 3.05) is 23.7 Å². The molecule has 0 radical (unpaired) electrons. The Morgan fingerprint density at radius 3 is 2.47 bits per heavy atom. The van der Waals surface area contributed by atoms with E-state index in [-0.39, 0.29) is 30.7 Å². The predicted octanol–water partition coefficient (Wildman–Crippen LogP) is 2.06. The molecular formula is C22H25N3O4S. The Hall–Kier alpha value is -2.97. The number of anilines is 1. The lowest BCUT2D eigenvalue weighted by atomic mass is 10.2. The van der Waals surface area contributed by atoms with E-state index in [1.165, 1.54) is 6.08 Å². The van der Waals surface area contributed by atoms with Gasteiger partial charge >= 0.3 is 0 Å². The van der Waals surface area contributed by atoms with Crippen molar-refractivity contribution < 1.29 is 18.0 Å². The summed E-state index contributed by atoms with van der Waals surface area (Å²) in [4.78, 5) is 25.5. The molecule has 1 aliphatic rings. The van der Waals surface area contributed by atoms with E-state index in [0.29, 0.717) is 6.42 Å². The zero-order valence-corrected chi connectivity index (χ0v) is 17.4. The van der Waals surface area contributed by atoms with Crippen LogP contribution in [0.1, 0.15) is 24.0 Å². The minimum absolute atomic E-state index is 0.0172. The number of sulfonamides is 1. The van der Waals surface area contributed by atoms with E-state index in [4.69, 9.17) is 0 Å². The molecule has 0 spiro atoms. The molecule has 1 aliphatic heterocycles. The van der Waals surface area contributed by atoms with E-state index < -0.39 is 10.0 Å². The van der Waals surface area contributed by atoms with Crippen LogP contribution in [0.25, 0.3) is 6.08 Å². The molecule has 0 atom stereocenters. The maximum absolute atomic E-state index is 12.0. The Morgan fingerprint density at radius 1 is 1.07 bits per heavy atom. The molecule has 8 heteroatoms. The summed E-state index contributed by atoms with van der Waals surface area (Å²) >= 11 is 0. The van der Waals surface area contributed by atoms with Gasteiger partial charge in [-0.15, -0.1) is 0 Å². The van der Waals surface area contributed by atoms with Crippen molar-refractivity contribution in [3.05, 3.63) is 71.8 Å². The quantitative estimate of drug-likeness (QED) is 0.599. The monoisotopic (exact) mass is 427 g/mol. The highest BCUT2D eigenvalue weighted by Gasteiger charge is 2.21. The topological polar surface area (TPSA) is 95.6 Å². The number of amides is 2. The second-order valence-corrected chi connectivity index (χ2v) is 8.92. The van der Waals surface area contributed by atoms with Crippen LogP contribution in [0.2, 0.25) is 0 Å². The summed E-state index contributed by atoms with van der Waals surface area (Å²) in [7, 11) is -3.48. The fourth-order valence-corrected chi connectivity index (χ4v) is 3.99. The maximum Gasteiger partial charge on any atom is 0.244 e. The smallest absolute Gasteiger partial charge is 0.244 e. The number of hydrogen-bond acceptors (Lipinski definition) is 4. The standard InChI is InChI=1S/C22H25N3O4S/c26-21(23-14-16-30(28,29)24-17-19-5-2-1-3-6-19)13-10-18-8-11-20(12-9-18)25-15-4-7-22(25)27/h1-3,5-6,8-13,24H,4,7,14-17H2,(H,23,26)/b13-10+. The molecule has 7 nitrogen and oxygen atoms in total. The molecule has 158 valence electrons. The summed E-state index contributed by atoms with van der Waals surface area (Å²) in [6.45, 7) is 0.971. The first kappa shape index (κ1) is 21.7. The summed E-state index contributed by atoms with van der Waals surface area (Å²) in [5.74, 6) is -0.434. The van der Waals surface area contributed by atoms with E-state index in [9.17, 15) is 18.0 Å². The number of nitrogens with one attached hydrogen (secondary N) is 2. The molecule has 1 fully saturated rings. The third-order valence-electron chi connectivity index (χ3n) is 4.71. The second kappa shape index (κ2) is 10.2. The van der Waals surface area contributed by atoms with Crippen LogP contribution in [-0.4, -0.2) is 39.1 Å². The third-order valence-corrected chi connectivity index (χ3v) is 6.04. The first-order valence-corrected chi connectivity index (χ1v) is 11.5. The highest BCUT2D eigenvalue weighted by Crippen LogP contribution is 2.21. The minimum atomic E-state index is -3.48. The fourth-order valence-electron chi connectivity index (χ4n) is 3.09. The lowest BCUT2D eigenvalue weighted by Crippen LogP contribution is -2.33. The van der Waals surface area contributed by atoms with E-state index >= 15 is 0 Å². The molecule has 2 aromatic carbocycles. The fraction of sp³-hybridized carbons (Fsp3) is 0.273. The molecule has 0 aromatic heterocycles. The molecule has 0 unspecified atom stereocenters. The lowest BCUT2D eigenvalue weighted by Gasteiger charge is -2.15. The number of nitrogens with zero attached hydrogens (tertiary/aromatic N) is 1. The van der Waals surface area contributed by atoms with Crippen LogP contribution in [0.5, 0.6) is 0 Å². The Labute approximate surface area is 176 Å². The van der Waals surface area contributed by atoms with Gasteiger partial charge in [0.25, 0.3) is 0 Å². The van der Waals surface area contributed by atoms with Gasteiger partial charge in [0.2, 0.25) is 21.8 Å². The van der Waals surface area contributed by atoms with Gasteiger partial charge in [0.05, 0.1) is 5.75 Å². The average molecular weight is 428 g/mol. The van der Waals surface area contributed by atoms with Gasteiger partial charge in [-0.3, -0.25) is 9.59 Å². The van der Waals surface area contributed by atoms with Crippen LogP contribution in [-0.2, 0) is 26.2 Å². The van der Waals surface area contributed by atoms with Gasteiger partial charge in [-0.2, -0.15) is 0 Å². The van der Waals surface area contributed by atoms with Crippen LogP contribution in [0.3, 0.4) is 0 Å². The van der Waals surface area contributed by atoms with Crippen molar-refractivity contribution >= 4 is 33.6 Å². The van der Waals surface area contributed by atoms with Gasteiger partial charge in [0.15, 0.2) is 0 Å². The minimum Gasteiger partial charge on any atom is -0.351 e. The van der Waals surface area contributed by atoms with Gasteiger partial charge in [-0.1, -0.05) is 42.5 Å². The van der Waals surface area contributed by atoms with Crippen LogP contribution in [0, 0.1) is 0 Å². The first-order valence-electron chi connectivity index (χ1n) is 9.80. The number of carbonyl (C=O) groups excluding carboxylic acids is 2. The Kier molecular flexibility index (Phi) is 7.37. The highest BCUT2D eigenvalue weighted by atomic mass is 32.2. The van der Waals surface area contributed by atoms with Gasteiger partial charge in [0, 0.05) is 37.8 Å². The van der Waals surface area contributed by atoms with Crippen molar-refractivity contribution in [3.63, 3.8) is 0 Å². The van der Waals surface area contributed by atoms with Gasteiger partial charge < -0.3 is 10.2 Å². The summed E-state index contributed by atoms with van der Waals surface area (Å²) < 4.78 is 26.6. The SMILES string of the molecule is O=C(/C=C/c1ccc(N2CCCC2=O)cc1)NCCS(=O)(=O)NCc1ccccc1. The van der Waals surface area contributed by atoms with Crippen LogP contribution in [0.15, 0.2) is 60.7 Å². The predicted molar refractivity (Wildman–Crippen MR) is 117 cm³/mol. The Bertz CT molecular complexity index is 1000. The number of hydrogen-bond donors (Lipinski definition) is 2. The second-order valence-electron chi connectivity index (χ2n) is 6.99. The van der Waals surface area contributed by atoms with E-state index in [2.05, 4.69) is 10.0 Å². The summed E-state index contributed by atoms with van der Waals surface area (Å²) in [6.07, 6.45) is 4.46. The normalized spacial score (nSPS) is 14.4. The third kappa shape index (κ3) is 6.53. The number of benzene rings is 2. The molecule has 0 aliphatic carbocycles. The van der Waals surface area contributed by atoms with Crippen molar-refractivity contribution in [1.82, 2.24) is 10.0 Å². The zero-order chi connectivity index (χ0) is 21.4. The number of carbonyl (C=O) groups is 2. The van der Waals surface area contributed by atoms with E-state index in [1.54, 1.807) is 11.0 Å². The largest absolute Gasteiger partial charge is 0.351 e.